The highest BCUT2D eigenvalue weighted by Gasteiger charge is 2.31. The van der Waals surface area contributed by atoms with Crippen molar-refractivity contribution in [2.75, 3.05) is 0 Å². The molecular weight excluding hydrogens is 188 g/mol. The van der Waals surface area contributed by atoms with Gasteiger partial charge in [0.25, 0.3) is 0 Å². The fourth-order valence-corrected chi connectivity index (χ4v) is 2.46. The smallest absolute Gasteiger partial charge is 0.0107 e. The molecule has 0 aromatic heterocycles. The molecule has 0 saturated carbocycles. The van der Waals surface area contributed by atoms with E-state index >= 15 is 0 Å². The molecule has 0 heterocycles. The standard InChI is InChI=1S/C13H18.H2S/c1-13(2,3)12-9-8-10-6-4-5-7-11(10)12;/h4-7,12H,8-9H2,1-3H3;1H2/t12-;/m0./s1. The number of fused-ring (bicyclic) bond motifs is 1. The molecule has 0 aliphatic heterocycles. The normalized spacial score (nSPS) is 20.1. The second-order valence-corrected chi connectivity index (χ2v) is 5.16. The topological polar surface area (TPSA) is 0 Å². The highest BCUT2D eigenvalue weighted by molar-refractivity contribution is 7.59. The zero-order chi connectivity index (χ0) is 9.47. The van der Waals surface area contributed by atoms with Gasteiger partial charge in [-0.3, -0.25) is 0 Å². The van der Waals surface area contributed by atoms with E-state index in [1.165, 1.54) is 12.8 Å². The zero-order valence-corrected chi connectivity index (χ0v) is 10.3. The Morgan fingerprint density at radius 2 is 1.79 bits per heavy atom. The first-order valence-electron chi connectivity index (χ1n) is 5.17. The fourth-order valence-electron chi connectivity index (χ4n) is 2.46. The van der Waals surface area contributed by atoms with Crippen molar-refractivity contribution in [3.8, 4) is 0 Å². The first-order valence-corrected chi connectivity index (χ1v) is 5.17. The predicted octanol–water partition coefficient (Wildman–Crippen LogP) is 3.88. The molecule has 0 spiro atoms. The molecule has 1 aliphatic carbocycles. The maximum absolute atomic E-state index is 2.35. The zero-order valence-electron chi connectivity index (χ0n) is 9.30. The Labute approximate surface area is 94.2 Å². The summed E-state index contributed by atoms with van der Waals surface area (Å²) in [6.45, 7) is 7.04. The Kier molecular flexibility index (Phi) is 3.31. The lowest BCUT2D eigenvalue weighted by atomic mass is 9.77. The van der Waals surface area contributed by atoms with Crippen LogP contribution in [0.3, 0.4) is 0 Å². The molecule has 0 unspecified atom stereocenters. The average molecular weight is 208 g/mol. The van der Waals surface area contributed by atoms with Crippen LogP contribution in [0, 0.1) is 5.41 Å². The van der Waals surface area contributed by atoms with Crippen molar-refractivity contribution >= 4 is 13.5 Å². The van der Waals surface area contributed by atoms with E-state index in [1.54, 1.807) is 11.1 Å². The molecule has 0 N–H and O–H groups in total. The summed E-state index contributed by atoms with van der Waals surface area (Å²) in [6, 6.07) is 8.91. The van der Waals surface area contributed by atoms with Gasteiger partial charge in [0.2, 0.25) is 0 Å². The number of rotatable bonds is 0. The molecule has 2 rings (SSSR count). The third-order valence-corrected chi connectivity index (χ3v) is 3.18. The van der Waals surface area contributed by atoms with Crippen LogP contribution < -0.4 is 0 Å². The number of benzene rings is 1. The van der Waals surface area contributed by atoms with E-state index in [9.17, 15) is 0 Å². The molecule has 1 aliphatic rings. The highest BCUT2D eigenvalue weighted by atomic mass is 32.1. The molecular formula is C13H20S. The van der Waals surface area contributed by atoms with E-state index in [1.807, 2.05) is 0 Å². The van der Waals surface area contributed by atoms with E-state index in [0.29, 0.717) is 5.41 Å². The summed E-state index contributed by atoms with van der Waals surface area (Å²) < 4.78 is 0. The maximum atomic E-state index is 2.35. The summed E-state index contributed by atoms with van der Waals surface area (Å²) in [6.07, 6.45) is 2.61. The Hall–Kier alpha value is -0.430. The van der Waals surface area contributed by atoms with Gasteiger partial charge in [0, 0.05) is 0 Å². The van der Waals surface area contributed by atoms with Gasteiger partial charge in [-0.15, -0.1) is 0 Å². The van der Waals surface area contributed by atoms with Gasteiger partial charge in [-0.1, -0.05) is 45.0 Å². The molecule has 0 bridgehead atoms. The van der Waals surface area contributed by atoms with E-state index in [2.05, 4.69) is 45.0 Å². The van der Waals surface area contributed by atoms with Crippen molar-refractivity contribution in [2.45, 2.75) is 39.5 Å². The Morgan fingerprint density at radius 1 is 1.14 bits per heavy atom. The minimum atomic E-state index is 0. The van der Waals surface area contributed by atoms with Crippen LogP contribution in [0.2, 0.25) is 0 Å². The third-order valence-electron chi connectivity index (χ3n) is 3.18. The molecule has 0 amide bonds. The van der Waals surface area contributed by atoms with Gasteiger partial charge in [-0.05, 0) is 35.3 Å². The maximum Gasteiger partial charge on any atom is -0.0107 e. The van der Waals surface area contributed by atoms with Crippen LogP contribution in [-0.4, -0.2) is 0 Å². The van der Waals surface area contributed by atoms with Crippen molar-refractivity contribution in [1.29, 1.82) is 0 Å². The predicted molar refractivity (Wildman–Crippen MR) is 67.3 cm³/mol. The van der Waals surface area contributed by atoms with Gasteiger partial charge in [-0.2, -0.15) is 13.5 Å². The Morgan fingerprint density at radius 3 is 2.43 bits per heavy atom. The molecule has 0 fully saturated rings. The van der Waals surface area contributed by atoms with E-state index < -0.39 is 0 Å². The van der Waals surface area contributed by atoms with Crippen LogP contribution in [0.4, 0.5) is 0 Å². The molecule has 1 heteroatoms. The molecule has 0 radical (unpaired) electrons. The third kappa shape index (κ3) is 1.98. The van der Waals surface area contributed by atoms with E-state index in [-0.39, 0.29) is 13.5 Å². The van der Waals surface area contributed by atoms with Crippen LogP contribution in [0.1, 0.15) is 44.2 Å². The second-order valence-electron chi connectivity index (χ2n) is 5.16. The van der Waals surface area contributed by atoms with Crippen LogP contribution in [0.5, 0.6) is 0 Å². The minimum absolute atomic E-state index is 0. The SMILES string of the molecule is CC(C)(C)[C@H]1CCc2ccccc21.S. The number of aryl methyl sites for hydroxylation is 1. The van der Waals surface area contributed by atoms with Gasteiger partial charge in [-0.25, -0.2) is 0 Å². The van der Waals surface area contributed by atoms with Gasteiger partial charge in [0.1, 0.15) is 0 Å². The minimum Gasteiger partial charge on any atom is -0.197 e. The fraction of sp³-hybridized carbons (Fsp3) is 0.538. The van der Waals surface area contributed by atoms with Crippen molar-refractivity contribution in [3.63, 3.8) is 0 Å². The van der Waals surface area contributed by atoms with E-state index in [4.69, 9.17) is 0 Å². The van der Waals surface area contributed by atoms with Crippen LogP contribution in [0.15, 0.2) is 24.3 Å². The lowest BCUT2D eigenvalue weighted by molar-refractivity contribution is 0.319. The van der Waals surface area contributed by atoms with Crippen molar-refractivity contribution in [2.24, 2.45) is 5.41 Å². The Balaban J connectivity index is 0.000000980. The van der Waals surface area contributed by atoms with Gasteiger partial charge in [0.15, 0.2) is 0 Å². The van der Waals surface area contributed by atoms with Crippen molar-refractivity contribution < 1.29 is 0 Å². The quantitative estimate of drug-likeness (QED) is 0.607. The molecule has 78 valence electrons. The summed E-state index contributed by atoms with van der Waals surface area (Å²) in [4.78, 5) is 0. The first-order chi connectivity index (χ1) is 6.09. The first kappa shape index (κ1) is 11.6. The molecule has 0 saturated heterocycles. The Bertz CT molecular complexity index is 309. The van der Waals surface area contributed by atoms with Gasteiger partial charge < -0.3 is 0 Å². The number of hydrogen-bond acceptors (Lipinski definition) is 0. The van der Waals surface area contributed by atoms with Crippen LogP contribution in [0.25, 0.3) is 0 Å². The largest absolute Gasteiger partial charge is 0.197 e. The van der Waals surface area contributed by atoms with Crippen molar-refractivity contribution in [1.82, 2.24) is 0 Å². The summed E-state index contributed by atoms with van der Waals surface area (Å²) in [5.74, 6) is 0.767. The molecule has 0 nitrogen and oxygen atoms in total. The summed E-state index contributed by atoms with van der Waals surface area (Å²) in [5, 5.41) is 0. The van der Waals surface area contributed by atoms with Crippen LogP contribution in [-0.2, 0) is 6.42 Å². The molecule has 1 atom stereocenters. The van der Waals surface area contributed by atoms with Gasteiger partial charge >= 0.3 is 0 Å². The highest BCUT2D eigenvalue weighted by Crippen LogP contribution is 2.44. The summed E-state index contributed by atoms with van der Waals surface area (Å²) in [7, 11) is 0. The second kappa shape index (κ2) is 3.98. The molecule has 14 heavy (non-hydrogen) atoms. The monoisotopic (exact) mass is 208 g/mol. The lowest BCUT2D eigenvalue weighted by Crippen LogP contribution is -2.15. The summed E-state index contributed by atoms with van der Waals surface area (Å²) in [5.41, 5.74) is 3.59. The van der Waals surface area contributed by atoms with Crippen LogP contribution >= 0.6 is 13.5 Å². The van der Waals surface area contributed by atoms with E-state index in [0.717, 1.165) is 5.92 Å². The molecule has 1 aromatic rings. The van der Waals surface area contributed by atoms with Gasteiger partial charge in [0.05, 0.1) is 0 Å². The molecule has 1 aromatic carbocycles. The number of hydrogen-bond donors (Lipinski definition) is 0. The lowest BCUT2D eigenvalue weighted by Gasteiger charge is -2.27. The summed E-state index contributed by atoms with van der Waals surface area (Å²) >= 11 is 0. The average Bonchev–Trinajstić information content (AvgIpc) is 2.45. The van der Waals surface area contributed by atoms with Crippen molar-refractivity contribution in [3.05, 3.63) is 35.4 Å².